The molecule has 1 N–H and O–H groups in total. The van der Waals surface area contributed by atoms with Crippen molar-refractivity contribution < 1.29 is 14.4 Å². The van der Waals surface area contributed by atoms with Gasteiger partial charge in [-0.2, -0.15) is 0 Å². The molecule has 0 atom stereocenters. The van der Waals surface area contributed by atoms with Gasteiger partial charge >= 0.3 is 0 Å². The molecular weight excluding hydrogens is 213 g/mol. The highest BCUT2D eigenvalue weighted by molar-refractivity contribution is 5.40. The summed E-state index contributed by atoms with van der Waals surface area (Å²) in [5, 5.41) is 20.2. The van der Waals surface area contributed by atoms with Crippen LogP contribution in [-0.2, 0) is 6.42 Å². The Balaban J connectivity index is 2.93. The summed E-state index contributed by atoms with van der Waals surface area (Å²) < 4.78 is 12.9. The molecule has 0 spiro atoms. The fourth-order valence-corrected chi connectivity index (χ4v) is 1.37. The first-order valence-electron chi connectivity index (χ1n) is 4.95. The zero-order chi connectivity index (χ0) is 12.3. The maximum Gasteiger partial charge on any atom is 0.272 e. The van der Waals surface area contributed by atoms with Crippen molar-refractivity contribution in [2.75, 3.05) is 0 Å². The molecule has 0 aliphatic rings. The predicted molar refractivity (Wildman–Crippen MR) is 57.7 cm³/mol. The van der Waals surface area contributed by atoms with Crippen molar-refractivity contribution in [3.8, 4) is 0 Å². The van der Waals surface area contributed by atoms with Crippen LogP contribution < -0.4 is 0 Å². The summed E-state index contributed by atoms with van der Waals surface area (Å²) in [4.78, 5) is 10.1. The molecule has 4 nitrogen and oxygen atoms in total. The van der Waals surface area contributed by atoms with Gasteiger partial charge < -0.3 is 5.11 Å². The van der Waals surface area contributed by atoms with Crippen LogP contribution in [0.4, 0.5) is 10.1 Å². The van der Waals surface area contributed by atoms with Crippen molar-refractivity contribution in [3.63, 3.8) is 0 Å². The Morgan fingerprint density at radius 2 is 2.12 bits per heavy atom. The molecule has 1 aromatic rings. The average molecular weight is 227 g/mol. The zero-order valence-electron chi connectivity index (χ0n) is 9.24. The number of hydrogen-bond donors (Lipinski definition) is 1. The lowest BCUT2D eigenvalue weighted by Gasteiger charge is -2.16. The van der Waals surface area contributed by atoms with E-state index in [1.807, 2.05) is 0 Å². The standard InChI is InChI=1S/C11H14FNO3/c1-11(2,14)6-5-8-7-9(12)3-4-10(8)13(15)16/h3-4,7,14H,5-6H2,1-2H3. The molecule has 0 aromatic heterocycles. The minimum absolute atomic E-state index is 0.106. The third-order valence-electron chi connectivity index (χ3n) is 2.24. The summed E-state index contributed by atoms with van der Waals surface area (Å²) in [6, 6.07) is 3.35. The van der Waals surface area contributed by atoms with Gasteiger partial charge in [0.1, 0.15) is 5.82 Å². The first-order chi connectivity index (χ1) is 7.29. The molecule has 0 amide bonds. The number of benzene rings is 1. The van der Waals surface area contributed by atoms with E-state index < -0.39 is 16.3 Å². The number of rotatable bonds is 4. The monoisotopic (exact) mass is 227 g/mol. The molecular formula is C11H14FNO3. The molecule has 1 aromatic carbocycles. The lowest BCUT2D eigenvalue weighted by molar-refractivity contribution is -0.385. The summed E-state index contributed by atoms with van der Waals surface area (Å²) in [5.41, 5.74) is -0.710. The van der Waals surface area contributed by atoms with E-state index in [1.165, 1.54) is 0 Å². The Kier molecular flexibility index (Phi) is 3.59. The zero-order valence-corrected chi connectivity index (χ0v) is 9.24. The summed E-state index contributed by atoms with van der Waals surface area (Å²) in [5.74, 6) is -0.503. The SMILES string of the molecule is CC(C)(O)CCc1cc(F)ccc1[N+](=O)[O-]. The minimum atomic E-state index is -0.916. The van der Waals surface area contributed by atoms with Crippen LogP contribution in [0.2, 0.25) is 0 Å². The number of halogens is 1. The van der Waals surface area contributed by atoms with Gasteiger partial charge in [-0.15, -0.1) is 0 Å². The molecule has 5 heteroatoms. The topological polar surface area (TPSA) is 63.4 Å². The third kappa shape index (κ3) is 3.58. The van der Waals surface area contributed by atoms with E-state index in [4.69, 9.17) is 0 Å². The van der Waals surface area contributed by atoms with Gasteiger partial charge in [-0.3, -0.25) is 10.1 Å². The molecule has 88 valence electrons. The van der Waals surface area contributed by atoms with E-state index in [9.17, 15) is 19.6 Å². The number of aliphatic hydroxyl groups is 1. The number of nitro groups is 1. The van der Waals surface area contributed by atoms with Crippen LogP contribution in [0.15, 0.2) is 18.2 Å². The lowest BCUT2D eigenvalue weighted by atomic mass is 9.98. The summed E-state index contributed by atoms with van der Waals surface area (Å²) >= 11 is 0. The van der Waals surface area contributed by atoms with Crippen LogP contribution in [0.3, 0.4) is 0 Å². The molecule has 0 saturated heterocycles. The molecule has 0 heterocycles. The molecule has 0 saturated carbocycles. The van der Waals surface area contributed by atoms with Crippen LogP contribution in [0.5, 0.6) is 0 Å². The van der Waals surface area contributed by atoms with Gasteiger partial charge in [0.25, 0.3) is 5.69 Å². The Bertz CT molecular complexity index is 399. The number of aryl methyl sites for hydroxylation is 1. The molecule has 0 aliphatic heterocycles. The number of nitro benzene ring substituents is 1. The number of nitrogens with zero attached hydrogens (tertiary/aromatic N) is 1. The predicted octanol–water partition coefficient (Wildman–Crippen LogP) is 2.44. The van der Waals surface area contributed by atoms with Crippen LogP contribution in [0.25, 0.3) is 0 Å². The quantitative estimate of drug-likeness (QED) is 0.634. The van der Waals surface area contributed by atoms with E-state index in [2.05, 4.69) is 0 Å². The van der Waals surface area contributed by atoms with Crippen molar-refractivity contribution in [1.82, 2.24) is 0 Å². The van der Waals surface area contributed by atoms with Crippen molar-refractivity contribution in [1.29, 1.82) is 0 Å². The molecule has 16 heavy (non-hydrogen) atoms. The average Bonchev–Trinajstić information content (AvgIpc) is 2.13. The summed E-state index contributed by atoms with van der Waals surface area (Å²) in [7, 11) is 0. The van der Waals surface area contributed by atoms with Crippen LogP contribution >= 0.6 is 0 Å². The van der Waals surface area contributed by atoms with Crippen LogP contribution in [-0.4, -0.2) is 15.6 Å². The Morgan fingerprint density at radius 1 is 1.50 bits per heavy atom. The molecule has 0 unspecified atom stereocenters. The molecule has 0 fully saturated rings. The van der Waals surface area contributed by atoms with Gasteiger partial charge in [-0.1, -0.05) is 0 Å². The van der Waals surface area contributed by atoms with E-state index >= 15 is 0 Å². The first-order valence-corrected chi connectivity index (χ1v) is 4.95. The van der Waals surface area contributed by atoms with E-state index in [1.54, 1.807) is 13.8 Å². The fourth-order valence-electron chi connectivity index (χ4n) is 1.37. The van der Waals surface area contributed by atoms with Gasteiger partial charge in [0, 0.05) is 11.6 Å². The molecule has 0 radical (unpaired) electrons. The van der Waals surface area contributed by atoms with Gasteiger partial charge in [0.05, 0.1) is 10.5 Å². The van der Waals surface area contributed by atoms with Gasteiger partial charge in [-0.25, -0.2) is 4.39 Å². The second-order valence-electron chi connectivity index (χ2n) is 4.34. The lowest BCUT2D eigenvalue weighted by Crippen LogP contribution is -2.19. The van der Waals surface area contributed by atoms with Gasteiger partial charge in [-0.05, 0) is 38.8 Å². The highest BCUT2D eigenvalue weighted by atomic mass is 19.1. The van der Waals surface area contributed by atoms with Gasteiger partial charge in [0.15, 0.2) is 0 Å². The van der Waals surface area contributed by atoms with E-state index in [-0.39, 0.29) is 12.1 Å². The van der Waals surface area contributed by atoms with Crippen molar-refractivity contribution in [3.05, 3.63) is 39.7 Å². The molecule has 1 rings (SSSR count). The minimum Gasteiger partial charge on any atom is -0.390 e. The second-order valence-corrected chi connectivity index (χ2v) is 4.34. The number of hydrogen-bond acceptors (Lipinski definition) is 3. The maximum atomic E-state index is 12.9. The van der Waals surface area contributed by atoms with Crippen molar-refractivity contribution >= 4 is 5.69 Å². The smallest absolute Gasteiger partial charge is 0.272 e. The van der Waals surface area contributed by atoms with Crippen molar-refractivity contribution in [2.24, 2.45) is 0 Å². The Hall–Kier alpha value is -1.49. The maximum absolute atomic E-state index is 12.9. The second kappa shape index (κ2) is 4.57. The fraction of sp³-hybridized carbons (Fsp3) is 0.455. The van der Waals surface area contributed by atoms with Gasteiger partial charge in [0.2, 0.25) is 0 Å². The van der Waals surface area contributed by atoms with Crippen LogP contribution in [0, 0.1) is 15.9 Å². The van der Waals surface area contributed by atoms with E-state index in [0.717, 1.165) is 18.2 Å². The normalized spacial score (nSPS) is 11.5. The summed E-state index contributed by atoms with van der Waals surface area (Å²) in [6.45, 7) is 3.22. The Morgan fingerprint density at radius 3 is 2.62 bits per heavy atom. The molecule has 0 bridgehead atoms. The largest absolute Gasteiger partial charge is 0.390 e. The summed E-state index contributed by atoms with van der Waals surface area (Å²) in [6.07, 6.45) is 0.620. The first kappa shape index (κ1) is 12.6. The van der Waals surface area contributed by atoms with Crippen molar-refractivity contribution in [2.45, 2.75) is 32.3 Å². The Labute approximate surface area is 92.9 Å². The van der Waals surface area contributed by atoms with E-state index in [0.29, 0.717) is 12.0 Å². The third-order valence-corrected chi connectivity index (χ3v) is 2.24. The highest BCUT2D eigenvalue weighted by Gasteiger charge is 2.18. The van der Waals surface area contributed by atoms with Crippen LogP contribution in [0.1, 0.15) is 25.8 Å². The highest BCUT2D eigenvalue weighted by Crippen LogP contribution is 2.23. The molecule has 0 aliphatic carbocycles.